The quantitative estimate of drug-likeness (QED) is 0.252. The van der Waals surface area contributed by atoms with E-state index in [1.165, 1.54) is 31.1 Å². The second-order valence-corrected chi connectivity index (χ2v) is 7.88. The fraction of sp³-hybridized carbons (Fsp3) is 0.111. The monoisotopic (exact) mass is 470 g/mol. The molecule has 1 fully saturated rings. The van der Waals surface area contributed by atoms with Gasteiger partial charge in [0.25, 0.3) is 11.7 Å². The van der Waals surface area contributed by atoms with Crippen molar-refractivity contribution in [3.8, 4) is 0 Å². The number of aliphatic hydroxyl groups is 1. The van der Waals surface area contributed by atoms with Crippen LogP contribution in [0.5, 0.6) is 0 Å². The van der Waals surface area contributed by atoms with Crippen LogP contribution in [0.3, 0.4) is 0 Å². The minimum Gasteiger partial charge on any atom is -0.507 e. The highest BCUT2D eigenvalue weighted by molar-refractivity contribution is 6.51. The van der Waals surface area contributed by atoms with Gasteiger partial charge in [0.05, 0.1) is 24.3 Å². The first-order valence-corrected chi connectivity index (χ1v) is 10.7. The molecule has 0 aliphatic carbocycles. The number of carbonyl (C=O) groups excluding carboxylic acids is 4. The second kappa shape index (κ2) is 9.64. The molecule has 1 saturated heterocycles. The molecule has 8 heteroatoms. The molecule has 1 heterocycles. The summed E-state index contributed by atoms with van der Waals surface area (Å²) in [7, 11) is 1.25. The van der Waals surface area contributed by atoms with Gasteiger partial charge in [0.1, 0.15) is 5.76 Å². The number of rotatable bonds is 5. The third kappa shape index (κ3) is 4.54. The van der Waals surface area contributed by atoms with Crippen molar-refractivity contribution in [3.63, 3.8) is 0 Å². The number of ketones is 1. The van der Waals surface area contributed by atoms with Gasteiger partial charge in [0.2, 0.25) is 5.91 Å². The number of nitrogens with one attached hydrogen (secondary N) is 1. The Labute approximate surface area is 201 Å². The van der Waals surface area contributed by atoms with Gasteiger partial charge in [-0.2, -0.15) is 0 Å². The zero-order valence-electron chi connectivity index (χ0n) is 19.0. The predicted molar refractivity (Wildman–Crippen MR) is 130 cm³/mol. The van der Waals surface area contributed by atoms with Crippen molar-refractivity contribution in [1.29, 1.82) is 0 Å². The molecule has 1 atom stereocenters. The summed E-state index contributed by atoms with van der Waals surface area (Å²) in [5.41, 5.74) is 1.85. The summed E-state index contributed by atoms with van der Waals surface area (Å²) in [6.07, 6.45) is 0. The molecule has 0 radical (unpaired) electrons. The van der Waals surface area contributed by atoms with Crippen molar-refractivity contribution < 1.29 is 29.0 Å². The number of nitrogens with zero attached hydrogens (tertiary/aromatic N) is 1. The molecule has 3 aromatic rings. The van der Waals surface area contributed by atoms with Crippen LogP contribution in [0.1, 0.15) is 34.5 Å². The molecule has 0 aromatic heterocycles. The number of esters is 1. The summed E-state index contributed by atoms with van der Waals surface area (Å²) in [4.78, 5) is 51.2. The lowest BCUT2D eigenvalue weighted by Gasteiger charge is -2.26. The molecule has 0 saturated carbocycles. The first-order chi connectivity index (χ1) is 16.8. The number of Topliss-reactive ketones (excluding diaryl/α,β-unsaturated/α-hetero) is 1. The van der Waals surface area contributed by atoms with E-state index in [-0.39, 0.29) is 28.5 Å². The molecule has 176 valence electrons. The van der Waals surface area contributed by atoms with Gasteiger partial charge in [-0.25, -0.2) is 4.79 Å². The number of hydrogen-bond donors (Lipinski definition) is 2. The molecule has 2 N–H and O–H groups in total. The van der Waals surface area contributed by atoms with E-state index in [9.17, 15) is 24.3 Å². The summed E-state index contributed by atoms with van der Waals surface area (Å²) in [6.45, 7) is 1.39. The Morgan fingerprint density at radius 1 is 0.914 bits per heavy atom. The molecule has 35 heavy (non-hydrogen) atoms. The van der Waals surface area contributed by atoms with Gasteiger partial charge in [-0.05, 0) is 35.9 Å². The zero-order valence-corrected chi connectivity index (χ0v) is 19.0. The molecule has 3 aromatic carbocycles. The molecule has 0 bridgehead atoms. The highest BCUT2D eigenvalue weighted by Crippen LogP contribution is 2.42. The maximum absolute atomic E-state index is 13.3. The minimum atomic E-state index is -0.977. The van der Waals surface area contributed by atoms with Crippen LogP contribution in [0.4, 0.5) is 11.4 Å². The van der Waals surface area contributed by atoms with Gasteiger partial charge >= 0.3 is 5.97 Å². The molecule has 1 aliphatic heterocycles. The number of methoxy groups -OCH3 is 1. The third-order valence-electron chi connectivity index (χ3n) is 5.58. The molecule has 1 unspecified atom stereocenters. The normalized spacial score (nSPS) is 16.7. The molecule has 8 nitrogen and oxygen atoms in total. The number of benzene rings is 3. The van der Waals surface area contributed by atoms with Crippen molar-refractivity contribution >= 4 is 40.7 Å². The number of ether oxygens (including phenoxy) is 1. The average molecular weight is 470 g/mol. The zero-order chi connectivity index (χ0) is 25.1. The Balaban J connectivity index is 1.90. The Kier molecular flexibility index (Phi) is 6.46. The van der Waals surface area contributed by atoms with Crippen molar-refractivity contribution in [1.82, 2.24) is 0 Å². The van der Waals surface area contributed by atoms with Gasteiger partial charge in [-0.3, -0.25) is 19.3 Å². The number of hydrogen-bond acceptors (Lipinski definition) is 6. The Morgan fingerprint density at radius 2 is 1.57 bits per heavy atom. The van der Waals surface area contributed by atoms with E-state index in [1.807, 2.05) is 0 Å². The SMILES string of the molecule is COC(=O)c1cccc(N2C(=O)C(=O)/C(=C(/O)c3ccccc3)C2c2ccc(NC(C)=O)cc2)c1. The lowest BCUT2D eigenvalue weighted by atomic mass is 9.95. The van der Waals surface area contributed by atoms with Crippen LogP contribution in [0.25, 0.3) is 5.76 Å². The second-order valence-electron chi connectivity index (χ2n) is 7.88. The standard InChI is InChI=1S/C27H22N2O6/c1-16(30)28-20-13-11-17(12-14-20)23-22(24(31)18-7-4-3-5-8-18)25(32)26(33)29(23)21-10-6-9-19(15-21)27(34)35-2/h3-15,23,31H,1-2H3,(H,28,30)/b24-22+. The van der Waals surface area contributed by atoms with Crippen LogP contribution in [-0.2, 0) is 19.1 Å². The lowest BCUT2D eigenvalue weighted by molar-refractivity contribution is -0.132. The first-order valence-electron chi connectivity index (χ1n) is 10.7. The maximum atomic E-state index is 13.3. The van der Waals surface area contributed by atoms with Gasteiger partial charge < -0.3 is 15.2 Å². The van der Waals surface area contributed by atoms with Crippen LogP contribution in [0, 0.1) is 0 Å². The van der Waals surface area contributed by atoms with E-state index in [0.717, 1.165) is 0 Å². The van der Waals surface area contributed by atoms with Crippen molar-refractivity contribution in [2.24, 2.45) is 0 Å². The van der Waals surface area contributed by atoms with E-state index >= 15 is 0 Å². The summed E-state index contributed by atoms with van der Waals surface area (Å²) in [6, 6.07) is 20.3. The third-order valence-corrected chi connectivity index (χ3v) is 5.58. The van der Waals surface area contributed by atoms with Crippen LogP contribution >= 0.6 is 0 Å². The van der Waals surface area contributed by atoms with E-state index in [4.69, 9.17) is 4.74 Å². The van der Waals surface area contributed by atoms with E-state index in [0.29, 0.717) is 16.8 Å². The topological polar surface area (TPSA) is 113 Å². The van der Waals surface area contributed by atoms with E-state index < -0.39 is 23.7 Å². The van der Waals surface area contributed by atoms with Gasteiger partial charge in [-0.15, -0.1) is 0 Å². The summed E-state index contributed by atoms with van der Waals surface area (Å²) in [5.74, 6) is -2.85. The summed E-state index contributed by atoms with van der Waals surface area (Å²) in [5, 5.41) is 13.8. The number of anilines is 2. The number of aliphatic hydroxyl groups excluding tert-OH is 1. The largest absolute Gasteiger partial charge is 0.507 e. The Hall–Kier alpha value is -4.72. The molecular weight excluding hydrogens is 448 g/mol. The minimum absolute atomic E-state index is 0.0862. The highest BCUT2D eigenvalue weighted by atomic mass is 16.5. The predicted octanol–water partition coefficient (Wildman–Crippen LogP) is 4.06. The van der Waals surface area contributed by atoms with Gasteiger partial charge in [-0.1, -0.05) is 48.5 Å². The van der Waals surface area contributed by atoms with Crippen LogP contribution in [0.15, 0.2) is 84.4 Å². The molecular formula is C27H22N2O6. The van der Waals surface area contributed by atoms with Gasteiger partial charge in [0.15, 0.2) is 0 Å². The smallest absolute Gasteiger partial charge is 0.337 e. The van der Waals surface area contributed by atoms with Crippen LogP contribution in [0.2, 0.25) is 0 Å². The molecule has 2 amide bonds. The van der Waals surface area contributed by atoms with Crippen molar-refractivity contribution in [2.45, 2.75) is 13.0 Å². The number of carbonyl (C=O) groups is 4. The lowest BCUT2D eigenvalue weighted by Crippen LogP contribution is -2.29. The van der Waals surface area contributed by atoms with E-state index in [2.05, 4.69) is 5.32 Å². The molecule has 4 rings (SSSR count). The Bertz CT molecular complexity index is 1350. The van der Waals surface area contributed by atoms with Crippen LogP contribution < -0.4 is 10.2 Å². The van der Waals surface area contributed by atoms with Crippen LogP contribution in [-0.4, -0.2) is 35.8 Å². The van der Waals surface area contributed by atoms with E-state index in [1.54, 1.807) is 66.7 Å². The summed E-state index contributed by atoms with van der Waals surface area (Å²) < 4.78 is 4.78. The summed E-state index contributed by atoms with van der Waals surface area (Å²) >= 11 is 0. The van der Waals surface area contributed by atoms with Crippen molar-refractivity contribution in [2.75, 3.05) is 17.3 Å². The van der Waals surface area contributed by atoms with Gasteiger partial charge in [0, 0.05) is 23.9 Å². The molecule has 0 spiro atoms. The molecule has 1 aliphatic rings. The highest BCUT2D eigenvalue weighted by Gasteiger charge is 2.47. The fourth-order valence-corrected chi connectivity index (χ4v) is 4.02. The fourth-order valence-electron chi connectivity index (χ4n) is 4.02. The first kappa shape index (κ1) is 23.4. The van der Waals surface area contributed by atoms with Crippen molar-refractivity contribution in [3.05, 3.63) is 101 Å². The maximum Gasteiger partial charge on any atom is 0.337 e. The average Bonchev–Trinajstić information content (AvgIpc) is 3.14. The number of amides is 2. The Morgan fingerprint density at radius 3 is 2.20 bits per heavy atom.